The summed E-state index contributed by atoms with van der Waals surface area (Å²) in [7, 11) is -3.90. The van der Waals surface area contributed by atoms with Crippen molar-refractivity contribution in [1.29, 1.82) is 0 Å². The molecule has 0 aromatic heterocycles. The van der Waals surface area contributed by atoms with E-state index in [1.165, 1.54) is 37.3 Å². The number of rotatable bonds is 7. The molecule has 1 nitrogen and oxygen atoms in total. The molecule has 2 aromatic carbocycles. The van der Waals surface area contributed by atoms with Crippen molar-refractivity contribution in [2.45, 2.75) is 76.9 Å². The van der Waals surface area contributed by atoms with Crippen molar-refractivity contribution in [1.82, 2.24) is 0 Å². The standard InChI is InChI=1S/C25H38OSi2/c1-6-25(22-16-10-7-11-17-22,27(2,3)23-18-12-8-13-19-23)26-28(4,5)24-20-14-9-15-21-24/h8-9,12-15,18-22H,6-7,10-11,16-17H2,1-5H3. The maximum absolute atomic E-state index is 7.52. The van der Waals surface area contributed by atoms with Crippen LogP contribution in [0.15, 0.2) is 60.7 Å². The molecule has 0 spiro atoms. The van der Waals surface area contributed by atoms with Gasteiger partial charge in [-0.3, -0.25) is 0 Å². The van der Waals surface area contributed by atoms with Gasteiger partial charge in [-0.15, -0.1) is 0 Å². The average Bonchev–Trinajstić information content (AvgIpc) is 2.74. The van der Waals surface area contributed by atoms with Crippen LogP contribution in [0.3, 0.4) is 0 Å². The summed E-state index contributed by atoms with van der Waals surface area (Å²) in [6, 6.07) is 22.3. The summed E-state index contributed by atoms with van der Waals surface area (Å²) in [5.41, 5.74) is 0. The van der Waals surface area contributed by atoms with Gasteiger partial charge in [0, 0.05) is 0 Å². The predicted octanol–water partition coefficient (Wildman–Crippen LogP) is 6.00. The molecule has 0 bridgehead atoms. The first kappa shape index (κ1) is 21.5. The first-order valence-electron chi connectivity index (χ1n) is 11.1. The van der Waals surface area contributed by atoms with Crippen LogP contribution in [0.4, 0.5) is 0 Å². The van der Waals surface area contributed by atoms with Crippen molar-refractivity contribution < 1.29 is 4.43 Å². The maximum atomic E-state index is 7.52. The molecule has 0 saturated heterocycles. The second-order valence-corrected chi connectivity index (χ2v) is 18.0. The van der Waals surface area contributed by atoms with Gasteiger partial charge in [0.25, 0.3) is 0 Å². The highest BCUT2D eigenvalue weighted by atomic mass is 28.4. The first-order valence-corrected chi connectivity index (χ1v) is 17.1. The van der Waals surface area contributed by atoms with Crippen molar-refractivity contribution in [3.63, 3.8) is 0 Å². The van der Waals surface area contributed by atoms with Gasteiger partial charge in [-0.25, -0.2) is 0 Å². The van der Waals surface area contributed by atoms with E-state index in [0.717, 1.165) is 6.42 Å². The van der Waals surface area contributed by atoms with Crippen LogP contribution >= 0.6 is 0 Å². The predicted molar refractivity (Wildman–Crippen MR) is 128 cm³/mol. The lowest BCUT2D eigenvalue weighted by molar-refractivity contribution is 0.0484. The van der Waals surface area contributed by atoms with E-state index in [1.807, 2.05) is 0 Å². The van der Waals surface area contributed by atoms with Gasteiger partial charge in [0.1, 0.15) is 8.07 Å². The topological polar surface area (TPSA) is 9.23 Å². The Kier molecular flexibility index (Phi) is 6.68. The Balaban J connectivity index is 2.08. The fourth-order valence-corrected chi connectivity index (χ4v) is 13.4. The van der Waals surface area contributed by atoms with E-state index < -0.39 is 16.4 Å². The molecule has 1 saturated carbocycles. The van der Waals surface area contributed by atoms with E-state index >= 15 is 0 Å². The summed E-state index contributed by atoms with van der Waals surface area (Å²) >= 11 is 0. The highest BCUT2D eigenvalue weighted by Gasteiger charge is 2.54. The lowest BCUT2D eigenvalue weighted by Crippen LogP contribution is -2.70. The zero-order valence-corrected chi connectivity index (χ0v) is 20.5. The zero-order chi connectivity index (χ0) is 20.3. The summed E-state index contributed by atoms with van der Waals surface area (Å²) in [5.74, 6) is 0.684. The van der Waals surface area contributed by atoms with Crippen LogP contribution in [-0.4, -0.2) is 21.6 Å². The molecule has 0 N–H and O–H groups in total. The largest absolute Gasteiger partial charge is 0.410 e. The van der Waals surface area contributed by atoms with Crippen molar-refractivity contribution in [3.8, 4) is 0 Å². The summed E-state index contributed by atoms with van der Waals surface area (Å²) < 4.78 is 7.52. The summed E-state index contributed by atoms with van der Waals surface area (Å²) in [5, 5.41) is 2.96. The number of hydrogen-bond donors (Lipinski definition) is 0. The molecule has 1 atom stereocenters. The van der Waals surface area contributed by atoms with Crippen LogP contribution in [0.5, 0.6) is 0 Å². The molecule has 0 heterocycles. The minimum Gasteiger partial charge on any atom is -0.410 e. The van der Waals surface area contributed by atoms with Crippen LogP contribution in [0, 0.1) is 5.92 Å². The molecule has 152 valence electrons. The van der Waals surface area contributed by atoms with Crippen molar-refractivity contribution in [2.24, 2.45) is 5.92 Å². The van der Waals surface area contributed by atoms with E-state index in [-0.39, 0.29) is 5.22 Å². The van der Waals surface area contributed by atoms with E-state index in [1.54, 1.807) is 5.19 Å². The Labute approximate surface area is 174 Å². The monoisotopic (exact) mass is 410 g/mol. The Morgan fingerprint density at radius 1 is 0.786 bits per heavy atom. The highest BCUT2D eigenvalue weighted by molar-refractivity contribution is 6.93. The Morgan fingerprint density at radius 2 is 1.29 bits per heavy atom. The van der Waals surface area contributed by atoms with Gasteiger partial charge in [-0.05, 0) is 43.5 Å². The molecular formula is C25H38OSi2. The quantitative estimate of drug-likeness (QED) is 0.509. The highest BCUT2D eigenvalue weighted by Crippen LogP contribution is 2.44. The molecule has 3 heteroatoms. The minimum absolute atomic E-state index is 0.000334. The molecule has 3 rings (SSSR count). The van der Waals surface area contributed by atoms with Gasteiger partial charge >= 0.3 is 0 Å². The van der Waals surface area contributed by atoms with E-state index in [0.29, 0.717) is 5.92 Å². The molecule has 1 unspecified atom stereocenters. The Morgan fingerprint density at radius 3 is 1.79 bits per heavy atom. The van der Waals surface area contributed by atoms with Gasteiger partial charge in [-0.2, -0.15) is 0 Å². The fourth-order valence-electron chi connectivity index (χ4n) is 5.55. The van der Waals surface area contributed by atoms with Gasteiger partial charge in [0.05, 0.1) is 5.22 Å². The summed E-state index contributed by atoms with van der Waals surface area (Å²) in [4.78, 5) is 0. The second-order valence-electron chi connectivity index (χ2n) is 9.55. The molecular weight excluding hydrogens is 372 g/mol. The van der Waals surface area contributed by atoms with Crippen molar-refractivity contribution >= 4 is 26.8 Å². The molecule has 1 aliphatic rings. The van der Waals surface area contributed by atoms with Crippen molar-refractivity contribution in [2.75, 3.05) is 0 Å². The van der Waals surface area contributed by atoms with Crippen LogP contribution in [0.25, 0.3) is 0 Å². The lowest BCUT2D eigenvalue weighted by atomic mass is 9.84. The molecule has 28 heavy (non-hydrogen) atoms. The molecule has 0 amide bonds. The van der Waals surface area contributed by atoms with Gasteiger partial charge in [0.2, 0.25) is 8.32 Å². The van der Waals surface area contributed by atoms with Crippen LogP contribution < -0.4 is 10.4 Å². The van der Waals surface area contributed by atoms with Crippen LogP contribution in [0.1, 0.15) is 45.4 Å². The third-order valence-electron chi connectivity index (χ3n) is 7.25. The molecule has 1 fully saturated rings. The SMILES string of the molecule is CCC(O[Si](C)(C)c1ccccc1)(C1CCCCC1)[Si](C)(C)c1ccccc1. The van der Waals surface area contributed by atoms with Gasteiger partial charge in [-0.1, -0.05) is 105 Å². The third-order valence-corrected chi connectivity index (χ3v) is 14.8. The number of hydrogen-bond acceptors (Lipinski definition) is 1. The Hall–Kier alpha value is -1.17. The number of benzene rings is 2. The second kappa shape index (κ2) is 8.68. The molecule has 1 aliphatic carbocycles. The minimum atomic E-state index is -2.03. The van der Waals surface area contributed by atoms with Crippen molar-refractivity contribution in [3.05, 3.63) is 60.7 Å². The maximum Gasteiger partial charge on any atom is 0.218 e. The molecule has 2 aromatic rings. The zero-order valence-electron chi connectivity index (χ0n) is 18.5. The normalized spacial score (nSPS) is 18.6. The fraction of sp³-hybridized carbons (Fsp3) is 0.520. The van der Waals surface area contributed by atoms with Crippen LogP contribution in [0.2, 0.25) is 26.2 Å². The van der Waals surface area contributed by atoms with Gasteiger partial charge in [0.15, 0.2) is 0 Å². The van der Waals surface area contributed by atoms with Crippen LogP contribution in [-0.2, 0) is 4.43 Å². The van der Waals surface area contributed by atoms with Gasteiger partial charge < -0.3 is 4.43 Å². The smallest absolute Gasteiger partial charge is 0.218 e. The summed E-state index contributed by atoms with van der Waals surface area (Å²) in [6.07, 6.45) is 7.90. The lowest BCUT2D eigenvalue weighted by Gasteiger charge is -2.54. The Bertz CT molecular complexity index is 736. The average molecular weight is 411 g/mol. The third kappa shape index (κ3) is 4.08. The van der Waals surface area contributed by atoms with E-state index in [4.69, 9.17) is 4.43 Å². The van der Waals surface area contributed by atoms with E-state index in [2.05, 4.69) is 93.8 Å². The molecule has 0 aliphatic heterocycles. The molecule has 0 radical (unpaired) electrons. The summed E-state index contributed by atoms with van der Waals surface area (Å²) in [6.45, 7) is 12.3. The van der Waals surface area contributed by atoms with E-state index in [9.17, 15) is 0 Å². The first-order chi connectivity index (χ1) is 13.3.